The summed E-state index contributed by atoms with van der Waals surface area (Å²) in [6, 6.07) is 6.63. The molecule has 6 rings (SSSR count). The van der Waals surface area contributed by atoms with Gasteiger partial charge in [-0.3, -0.25) is 4.98 Å². The number of rotatable bonds is 8. The Morgan fingerprint density at radius 1 is 0.939 bits per heavy atom. The Bertz CT molecular complexity index is 1670. The van der Waals surface area contributed by atoms with Crippen molar-refractivity contribution in [1.29, 1.82) is 0 Å². The zero-order valence-electron chi connectivity index (χ0n) is 30.3. The Labute approximate surface area is 290 Å². The van der Waals surface area contributed by atoms with Crippen LogP contribution in [0, 0.1) is 25.2 Å². The van der Waals surface area contributed by atoms with Gasteiger partial charge in [0.05, 0.1) is 11.3 Å². The molecule has 264 valence electrons. The Morgan fingerprint density at radius 3 is 2.24 bits per heavy atom. The van der Waals surface area contributed by atoms with Crippen LogP contribution in [0.1, 0.15) is 94.5 Å². The molecule has 2 fully saturated rings. The summed E-state index contributed by atoms with van der Waals surface area (Å²) in [6.07, 6.45) is 5.20. The summed E-state index contributed by atoms with van der Waals surface area (Å²) >= 11 is 0. The fraction of sp³-hybridized carbons (Fsp3) is 0.605. The van der Waals surface area contributed by atoms with Crippen LogP contribution in [0.2, 0.25) is 0 Å². The van der Waals surface area contributed by atoms with Crippen LogP contribution < -0.4 is 14.7 Å². The van der Waals surface area contributed by atoms with Crippen molar-refractivity contribution < 1.29 is 19.7 Å². The van der Waals surface area contributed by atoms with Gasteiger partial charge < -0.3 is 29.6 Å². The van der Waals surface area contributed by atoms with Gasteiger partial charge in [0, 0.05) is 68.4 Å². The number of carbonyl (C=O) groups is 1. The first-order valence-electron chi connectivity index (χ1n) is 17.8. The van der Waals surface area contributed by atoms with Gasteiger partial charge in [-0.1, -0.05) is 32.0 Å². The summed E-state index contributed by atoms with van der Waals surface area (Å²) in [7, 11) is 0. The highest BCUT2D eigenvalue weighted by Gasteiger charge is 2.37. The Balaban J connectivity index is 1.34. The van der Waals surface area contributed by atoms with Crippen LogP contribution in [0.15, 0.2) is 24.5 Å². The molecule has 2 aromatic heterocycles. The number of anilines is 3. The molecule has 0 unspecified atom stereocenters. The van der Waals surface area contributed by atoms with Crippen molar-refractivity contribution in [3.63, 3.8) is 0 Å². The highest BCUT2D eigenvalue weighted by Crippen LogP contribution is 2.45. The molecule has 2 N–H and O–H groups in total. The number of piperidine rings is 2. The van der Waals surface area contributed by atoms with E-state index in [-0.39, 0.29) is 12.0 Å². The topological polar surface area (TPSA) is 128 Å². The molecule has 11 nitrogen and oxygen atoms in total. The molecule has 0 bridgehead atoms. The maximum absolute atomic E-state index is 12.9. The number of carboxylic acids is 1. The molecule has 0 spiro atoms. The van der Waals surface area contributed by atoms with Crippen LogP contribution in [0.25, 0.3) is 11.1 Å². The lowest BCUT2D eigenvalue weighted by Gasteiger charge is -2.41. The van der Waals surface area contributed by atoms with E-state index in [0.717, 1.165) is 87.3 Å². The summed E-state index contributed by atoms with van der Waals surface area (Å²) in [5.74, 6) is 0.728. The Kier molecular flexibility index (Phi) is 9.88. The third-order valence-electron chi connectivity index (χ3n) is 10.5. The molecule has 3 aliphatic rings. The summed E-state index contributed by atoms with van der Waals surface area (Å²) in [5, 5.41) is 20.1. The van der Waals surface area contributed by atoms with Crippen molar-refractivity contribution >= 4 is 23.6 Å². The molecule has 5 heterocycles. The Hall–Kier alpha value is -3.83. The lowest BCUT2D eigenvalue weighted by molar-refractivity contribution is -0.160. The van der Waals surface area contributed by atoms with Gasteiger partial charge in [-0.2, -0.15) is 4.98 Å². The number of nitrogens with zero attached hydrogens (tertiary/aromatic N) is 7. The average Bonchev–Trinajstić information content (AvgIpc) is 3.06. The third kappa shape index (κ3) is 7.67. The first kappa shape index (κ1) is 35.0. The molecule has 2 saturated heterocycles. The van der Waals surface area contributed by atoms with Crippen LogP contribution in [0.3, 0.4) is 0 Å². The van der Waals surface area contributed by atoms with E-state index in [1.807, 2.05) is 34.6 Å². The molecule has 0 amide bonds. The second kappa shape index (κ2) is 13.8. The van der Waals surface area contributed by atoms with Gasteiger partial charge in [0.25, 0.3) is 0 Å². The van der Waals surface area contributed by atoms with E-state index < -0.39 is 17.7 Å². The minimum Gasteiger partial charge on any atom is -0.479 e. The second-order valence-corrected chi connectivity index (χ2v) is 15.9. The largest absolute Gasteiger partial charge is 0.479 e. The predicted octanol–water partition coefficient (Wildman–Crippen LogP) is 5.89. The fourth-order valence-corrected chi connectivity index (χ4v) is 7.53. The smallest absolute Gasteiger partial charge is 0.337 e. The van der Waals surface area contributed by atoms with E-state index in [1.165, 1.54) is 11.1 Å². The summed E-state index contributed by atoms with van der Waals surface area (Å²) in [5.41, 5.74) is 7.27. The van der Waals surface area contributed by atoms with E-state index >= 15 is 0 Å². The predicted molar refractivity (Wildman–Crippen MR) is 192 cm³/mol. The number of aliphatic hydroxyl groups is 1. The zero-order chi connectivity index (χ0) is 35.1. The third-order valence-corrected chi connectivity index (χ3v) is 10.5. The first-order valence-corrected chi connectivity index (χ1v) is 17.8. The summed E-state index contributed by atoms with van der Waals surface area (Å²) < 4.78 is 6.27. The summed E-state index contributed by atoms with van der Waals surface area (Å²) in [6.45, 7) is 19.3. The number of aliphatic hydroxyl groups excluding tert-OH is 1. The molecule has 0 saturated carbocycles. The van der Waals surface area contributed by atoms with Crippen molar-refractivity contribution in [1.82, 2.24) is 19.9 Å². The zero-order valence-corrected chi connectivity index (χ0v) is 30.3. The minimum atomic E-state index is -1.14. The molecule has 3 aliphatic heterocycles. The van der Waals surface area contributed by atoms with E-state index in [9.17, 15) is 15.0 Å². The van der Waals surface area contributed by atoms with Gasteiger partial charge in [0.1, 0.15) is 6.33 Å². The summed E-state index contributed by atoms with van der Waals surface area (Å²) in [4.78, 5) is 38.5. The molecule has 0 aliphatic carbocycles. The van der Waals surface area contributed by atoms with Crippen molar-refractivity contribution in [2.24, 2.45) is 11.3 Å². The van der Waals surface area contributed by atoms with Gasteiger partial charge in [-0.05, 0) is 94.7 Å². The van der Waals surface area contributed by atoms with Crippen LogP contribution in [0.5, 0.6) is 0 Å². The molecular weight excluding hydrogens is 618 g/mol. The fourth-order valence-electron chi connectivity index (χ4n) is 7.53. The maximum Gasteiger partial charge on any atom is 0.337 e. The van der Waals surface area contributed by atoms with Gasteiger partial charge in [-0.15, -0.1) is 0 Å². The highest BCUT2D eigenvalue weighted by atomic mass is 16.5. The molecule has 0 radical (unpaired) electrons. The number of hydrogen-bond acceptors (Lipinski definition) is 10. The molecular formula is C38H53N7O4. The number of aryl methyl sites for hydroxylation is 2. The highest BCUT2D eigenvalue weighted by molar-refractivity contribution is 5.88. The second-order valence-electron chi connectivity index (χ2n) is 15.9. The van der Waals surface area contributed by atoms with Crippen LogP contribution in [0.4, 0.5) is 17.6 Å². The lowest BCUT2D eigenvalue weighted by atomic mass is 9.81. The number of ether oxygens (including phenoxy) is 1. The van der Waals surface area contributed by atoms with Crippen molar-refractivity contribution in [3.8, 4) is 11.1 Å². The first-order chi connectivity index (χ1) is 23.2. The van der Waals surface area contributed by atoms with Gasteiger partial charge in [-0.25, -0.2) is 14.8 Å². The monoisotopic (exact) mass is 671 g/mol. The average molecular weight is 672 g/mol. The number of fused-ring (bicyclic) bond motifs is 1. The van der Waals surface area contributed by atoms with Crippen LogP contribution in [-0.2, 0) is 22.5 Å². The number of aromatic nitrogens is 4. The van der Waals surface area contributed by atoms with Gasteiger partial charge >= 0.3 is 5.97 Å². The maximum atomic E-state index is 12.9. The Morgan fingerprint density at radius 2 is 1.61 bits per heavy atom. The number of hydrogen-bond donors (Lipinski definition) is 2. The molecule has 49 heavy (non-hydrogen) atoms. The number of aliphatic carboxylic acids is 1. The lowest BCUT2D eigenvalue weighted by Crippen LogP contribution is -2.39. The minimum absolute atomic E-state index is 0.232. The SMILES string of the molecule is Cc1nc(C)c([C@H](OC(C)(C)C)C(=O)O)c(N2CCC(C)(C)CC2)c1-c1ccc2c(c1)CCN(c1ncnc(N3CCC(CO)CC3)n1)C2. The van der Waals surface area contributed by atoms with Crippen LogP contribution in [-0.4, -0.2) is 81.0 Å². The molecule has 11 heteroatoms. The van der Waals surface area contributed by atoms with E-state index in [4.69, 9.17) is 14.7 Å². The van der Waals surface area contributed by atoms with E-state index in [1.54, 1.807) is 6.33 Å². The quantitative estimate of drug-likeness (QED) is 0.298. The van der Waals surface area contributed by atoms with Gasteiger partial charge in [0.2, 0.25) is 11.9 Å². The number of pyridine rings is 1. The molecule has 3 aromatic rings. The van der Waals surface area contributed by atoms with Crippen molar-refractivity contribution in [2.75, 3.05) is 54.0 Å². The molecule has 1 aromatic carbocycles. The van der Waals surface area contributed by atoms with Gasteiger partial charge in [0.15, 0.2) is 6.10 Å². The van der Waals surface area contributed by atoms with Crippen molar-refractivity contribution in [2.45, 2.75) is 98.8 Å². The standard InChI is InChI=1S/C38H53N7O4/c1-24-30(32(43-18-13-38(6,7)14-19-43)31(25(2)41-24)33(34(47)48)49-37(3,4)5)28-8-9-29-21-45(17-12-27(29)20-28)36-40-23-39-35(42-36)44-15-10-26(22-46)11-16-44/h8-9,20,23,26,33,46H,10-19,21-22H2,1-7H3,(H,47,48)/t33-/m0/s1. The molecule has 1 atom stereocenters. The van der Waals surface area contributed by atoms with Crippen molar-refractivity contribution in [3.05, 3.63) is 52.6 Å². The number of benzene rings is 1. The normalized spacial score (nSPS) is 19.1. The van der Waals surface area contributed by atoms with E-state index in [2.05, 4.69) is 56.7 Å². The van der Waals surface area contributed by atoms with E-state index in [0.29, 0.717) is 35.6 Å². The number of carboxylic acid groups (broad SMARTS) is 1. The van der Waals surface area contributed by atoms with Crippen LogP contribution >= 0.6 is 0 Å².